The van der Waals surface area contributed by atoms with Gasteiger partial charge in [-0.05, 0) is 93.8 Å². The second-order valence-corrected chi connectivity index (χ2v) is 30.3. The van der Waals surface area contributed by atoms with E-state index in [1.54, 1.807) is 6.92 Å². The molecule has 0 aromatic carbocycles. The molecule has 37 atom stereocenters. The molecule has 10 fully saturated rings. The van der Waals surface area contributed by atoms with Crippen molar-refractivity contribution in [1.82, 2.24) is 0 Å². The second kappa shape index (κ2) is 29.4. The van der Waals surface area contributed by atoms with Crippen molar-refractivity contribution in [2.75, 3.05) is 47.3 Å². The summed E-state index contributed by atoms with van der Waals surface area (Å²) >= 11 is 0. The lowest BCUT2D eigenvalue weighted by Gasteiger charge is -2.63. The smallest absolute Gasteiger partial charge is 0.314 e. The third-order valence-corrected chi connectivity index (χ3v) is 24.2. The first-order valence-electron chi connectivity index (χ1n) is 34.2. The zero-order chi connectivity index (χ0) is 71.4. The maximum atomic E-state index is 14.6. The normalized spacial score (nSPS) is 52.1. The lowest BCUT2D eigenvalue weighted by atomic mass is 9.41. The average Bonchev–Trinajstić information content (AvgIpc) is 1.49. The number of allylic oxidation sites excluding steroid dienone is 2. The first kappa shape index (κ1) is 76.6. The van der Waals surface area contributed by atoms with Gasteiger partial charge < -0.3 is 148 Å². The van der Waals surface area contributed by atoms with E-state index in [1.807, 2.05) is 6.92 Å². The van der Waals surface area contributed by atoms with Gasteiger partial charge in [0.25, 0.3) is 0 Å². The molecular formula is C66H104O32. The maximum Gasteiger partial charge on any atom is 0.314 e. The molecule has 1 spiro atoms. The molecule has 0 radical (unpaired) electrons. The molecule has 0 aromatic heterocycles. The van der Waals surface area contributed by atoms with E-state index in [1.165, 1.54) is 26.7 Å². The summed E-state index contributed by atoms with van der Waals surface area (Å²) in [4.78, 5) is 29.1. The number of ether oxygens (including phenoxy) is 15. The van der Waals surface area contributed by atoms with Crippen molar-refractivity contribution in [3.63, 3.8) is 0 Å². The summed E-state index contributed by atoms with van der Waals surface area (Å²) in [5.41, 5.74) is -2.42. The summed E-state index contributed by atoms with van der Waals surface area (Å²) in [7, 11) is 2.39. The Bertz CT molecular complexity index is 2820. The molecule has 15 N–H and O–H groups in total. The Morgan fingerprint density at radius 1 is 0.592 bits per heavy atom. The van der Waals surface area contributed by atoms with Crippen LogP contribution in [0.2, 0.25) is 0 Å². The summed E-state index contributed by atoms with van der Waals surface area (Å²) in [6.45, 7) is 13.9. The van der Waals surface area contributed by atoms with Crippen LogP contribution in [0.4, 0.5) is 0 Å². The van der Waals surface area contributed by atoms with E-state index in [0.29, 0.717) is 37.7 Å². The molecule has 0 bridgehead atoms. The molecule has 4 aliphatic carbocycles. The summed E-state index contributed by atoms with van der Waals surface area (Å²) in [5, 5.41) is 167. The fourth-order valence-electron chi connectivity index (χ4n) is 18.7. The second-order valence-electron chi connectivity index (χ2n) is 30.3. The average molecular weight is 1410 g/mol. The van der Waals surface area contributed by atoms with Gasteiger partial charge >= 0.3 is 5.97 Å². The van der Waals surface area contributed by atoms with Gasteiger partial charge in [-0.3, -0.25) is 9.59 Å². The lowest BCUT2D eigenvalue weighted by molar-refractivity contribution is -0.394. The minimum atomic E-state index is -2.03. The van der Waals surface area contributed by atoms with E-state index in [0.717, 1.165) is 0 Å². The van der Waals surface area contributed by atoms with E-state index in [2.05, 4.69) is 40.3 Å². The number of rotatable bonds is 21. The molecule has 3 saturated carbocycles. The van der Waals surface area contributed by atoms with E-state index < -0.39 is 250 Å². The Morgan fingerprint density at radius 3 is 1.71 bits per heavy atom. The van der Waals surface area contributed by atoms with Gasteiger partial charge in [0.1, 0.15) is 140 Å². The van der Waals surface area contributed by atoms with Crippen LogP contribution in [0.25, 0.3) is 0 Å². The Hall–Kier alpha value is -2.54. The van der Waals surface area contributed by atoms with Crippen molar-refractivity contribution in [2.24, 2.45) is 39.4 Å². The van der Waals surface area contributed by atoms with Gasteiger partial charge in [-0.1, -0.05) is 51.5 Å². The molecule has 37 unspecified atom stereocenters. The summed E-state index contributed by atoms with van der Waals surface area (Å²) in [6.07, 6.45) is -42.0. The molecule has 11 rings (SSSR count). The van der Waals surface area contributed by atoms with Crippen LogP contribution < -0.4 is 0 Å². The molecule has 32 heteroatoms. The fourth-order valence-corrected chi connectivity index (χ4v) is 18.7. The van der Waals surface area contributed by atoms with Gasteiger partial charge in [0.05, 0.1) is 62.7 Å². The molecule has 0 amide bonds. The predicted molar refractivity (Wildman–Crippen MR) is 326 cm³/mol. The monoisotopic (exact) mass is 1410 g/mol. The number of carbonyl (C=O) groups excluding carboxylic acids is 2. The number of aliphatic hydroxyl groups is 15. The number of aliphatic hydroxyl groups excluding tert-OH is 15. The van der Waals surface area contributed by atoms with E-state index in [-0.39, 0.29) is 42.9 Å². The van der Waals surface area contributed by atoms with Crippen LogP contribution >= 0.6 is 0 Å². The Balaban J connectivity index is 0.818. The molecule has 0 aromatic rings. The maximum absolute atomic E-state index is 14.6. The van der Waals surface area contributed by atoms with Crippen molar-refractivity contribution in [3.05, 3.63) is 23.8 Å². The van der Waals surface area contributed by atoms with Crippen LogP contribution in [0.15, 0.2) is 23.8 Å². The lowest BCUT2D eigenvalue weighted by Crippen LogP contribution is -2.67. The molecule has 98 heavy (non-hydrogen) atoms. The fraction of sp³-hybridized carbons (Fsp3) is 0.909. The van der Waals surface area contributed by atoms with Crippen molar-refractivity contribution in [3.8, 4) is 0 Å². The Kier molecular flexibility index (Phi) is 23.0. The van der Waals surface area contributed by atoms with Crippen LogP contribution in [-0.4, -0.2) is 325 Å². The summed E-state index contributed by atoms with van der Waals surface area (Å²) in [6, 6.07) is 0. The highest BCUT2D eigenvalue weighted by Crippen LogP contribution is 2.75. The van der Waals surface area contributed by atoms with Crippen molar-refractivity contribution < 1.29 is 157 Å². The van der Waals surface area contributed by atoms with Crippen molar-refractivity contribution in [1.29, 1.82) is 0 Å². The molecule has 7 aliphatic heterocycles. The van der Waals surface area contributed by atoms with Crippen LogP contribution in [0, 0.1) is 39.4 Å². The Morgan fingerprint density at radius 2 is 1.12 bits per heavy atom. The van der Waals surface area contributed by atoms with Gasteiger partial charge in [0, 0.05) is 20.6 Å². The Labute approximate surface area is 567 Å². The van der Waals surface area contributed by atoms with E-state index in [4.69, 9.17) is 71.1 Å². The third-order valence-electron chi connectivity index (χ3n) is 24.2. The number of Topliss-reactive ketones (excluding diaryl/α,β-unsaturated/α-hetero) is 1. The van der Waals surface area contributed by atoms with Gasteiger partial charge in [0.15, 0.2) is 37.7 Å². The standard InChI is InChI=1S/C66H104O32/c1-25(2)29(70)14-17-65(8)54-30(71)19-64(7)28-11-12-36-62(4,5)37(15-16-63(36,6)27(28)13-18-66(54,64)61(83)98-65)93-60-53(40(75)35(24-87-60)92-57-44(79)42(77)50(34(22-69)91-57)96-59-47(82)52(85-10)39(74)33(21-68)90-59)97-56-43(78)41(76)48(26(3)88-56)94-55-45(80)49(31(72)23-86-55)95-58-46(81)51(84-9)38(73)32(20-67)89-58/h13,26,28-29,31-60,67-70,72-82H,1,11-12,14-24H2,2-10H3. The quantitative estimate of drug-likeness (QED) is 0.0294. The predicted octanol–water partition coefficient (Wildman–Crippen LogP) is -4.30. The highest BCUT2D eigenvalue weighted by molar-refractivity contribution is 5.99. The first-order valence-corrected chi connectivity index (χ1v) is 34.2. The van der Waals surface area contributed by atoms with E-state index >= 15 is 0 Å². The largest absolute Gasteiger partial charge is 0.458 e. The first-order chi connectivity index (χ1) is 46.2. The van der Waals surface area contributed by atoms with Gasteiger partial charge in [-0.2, -0.15) is 0 Å². The summed E-state index contributed by atoms with van der Waals surface area (Å²) < 4.78 is 89.6. The number of carbonyl (C=O) groups is 2. The number of ketones is 1. The number of methoxy groups -OCH3 is 2. The molecule has 560 valence electrons. The van der Waals surface area contributed by atoms with Crippen LogP contribution in [-0.2, 0) is 80.6 Å². The molecular weight excluding hydrogens is 1300 g/mol. The number of hydrogen-bond acceptors (Lipinski definition) is 32. The van der Waals surface area contributed by atoms with Crippen LogP contribution in [0.5, 0.6) is 0 Å². The van der Waals surface area contributed by atoms with E-state index in [9.17, 15) is 86.2 Å². The SMILES string of the molecule is C=C(C)C(O)CCC1(C)OC(=O)C23CC=C4C(CCC5C4(C)CCC(OC4OCC(OC6OC(CO)C(OC7OC(CO)C(O)C(OC)C7O)C(O)C6O)C(O)C4OC4OC(C)C(OC6OCC(O)C(OC7OC(CO)C(O)C(OC)C7O)C6O)C(O)C4O)C5(C)C)C2(C)CC(=O)C13. The number of hydrogen-bond donors (Lipinski definition) is 15. The molecule has 11 aliphatic rings. The number of cyclic esters (lactones) is 1. The molecule has 7 saturated heterocycles. The van der Waals surface area contributed by atoms with Gasteiger partial charge in [-0.15, -0.1) is 0 Å². The van der Waals surface area contributed by atoms with Crippen molar-refractivity contribution in [2.45, 2.75) is 290 Å². The van der Waals surface area contributed by atoms with Crippen LogP contribution in [0.1, 0.15) is 99.8 Å². The highest BCUT2D eigenvalue weighted by atomic mass is 16.8. The van der Waals surface area contributed by atoms with Gasteiger partial charge in [-0.25, -0.2) is 0 Å². The van der Waals surface area contributed by atoms with Crippen molar-refractivity contribution >= 4 is 11.8 Å². The topological polar surface area (TPSA) is 476 Å². The highest BCUT2D eigenvalue weighted by Gasteiger charge is 2.79. The minimum Gasteiger partial charge on any atom is -0.458 e. The number of fused-ring (bicyclic) bond motifs is 4. The minimum absolute atomic E-state index is 0.0259. The molecule has 7 heterocycles. The zero-order valence-electron chi connectivity index (χ0n) is 56.7. The number of esters is 1. The summed E-state index contributed by atoms with van der Waals surface area (Å²) in [5.74, 6) is -1.35. The molecule has 32 nitrogen and oxygen atoms in total. The van der Waals surface area contributed by atoms with Gasteiger partial charge in [0.2, 0.25) is 0 Å². The van der Waals surface area contributed by atoms with Crippen LogP contribution in [0.3, 0.4) is 0 Å². The third kappa shape index (κ3) is 13.0. The zero-order valence-corrected chi connectivity index (χ0v) is 56.7.